The van der Waals surface area contributed by atoms with Crippen LogP contribution in [0, 0.1) is 0 Å². The Morgan fingerprint density at radius 1 is 1.29 bits per heavy atom. The topological polar surface area (TPSA) is 77.8 Å². The summed E-state index contributed by atoms with van der Waals surface area (Å²) in [4.78, 5) is 0. The molecule has 21 heavy (non-hydrogen) atoms. The van der Waals surface area contributed by atoms with E-state index >= 15 is 0 Å². The van der Waals surface area contributed by atoms with E-state index in [9.17, 15) is 8.42 Å². The third kappa shape index (κ3) is 5.78. The number of aryl methyl sites for hydroxylation is 1. The van der Waals surface area contributed by atoms with Crippen LogP contribution in [0.5, 0.6) is 0 Å². The number of methoxy groups -OCH3 is 2. The lowest BCUT2D eigenvalue weighted by Crippen LogP contribution is -2.36. The molecule has 1 aromatic rings. The van der Waals surface area contributed by atoms with E-state index in [0.717, 1.165) is 12.2 Å². The zero-order valence-corrected chi connectivity index (χ0v) is 13.9. The summed E-state index contributed by atoms with van der Waals surface area (Å²) in [6, 6.07) is 3.09. The van der Waals surface area contributed by atoms with Gasteiger partial charge in [0.1, 0.15) is 17.6 Å². The van der Waals surface area contributed by atoms with Gasteiger partial charge in [0, 0.05) is 20.6 Å². The van der Waals surface area contributed by atoms with Crippen molar-refractivity contribution in [1.29, 1.82) is 0 Å². The average molecular weight is 319 g/mol. The molecule has 0 radical (unpaired) electrons. The van der Waals surface area contributed by atoms with E-state index in [1.54, 1.807) is 6.07 Å². The predicted octanol–water partition coefficient (Wildman–Crippen LogP) is 1.87. The zero-order valence-electron chi connectivity index (χ0n) is 13.1. The van der Waals surface area contributed by atoms with Gasteiger partial charge in [0.25, 0.3) is 0 Å². The van der Waals surface area contributed by atoms with Crippen molar-refractivity contribution in [3.8, 4) is 0 Å². The fourth-order valence-electron chi connectivity index (χ4n) is 1.97. The van der Waals surface area contributed by atoms with Gasteiger partial charge in [-0.05, 0) is 18.6 Å². The Hall–Kier alpha value is -0.890. The fraction of sp³-hybridized carbons (Fsp3) is 0.714. The van der Waals surface area contributed by atoms with Crippen molar-refractivity contribution < 1.29 is 22.3 Å². The van der Waals surface area contributed by atoms with Gasteiger partial charge in [-0.15, -0.1) is 0 Å². The maximum absolute atomic E-state index is 12.2. The number of furan rings is 1. The van der Waals surface area contributed by atoms with Gasteiger partial charge >= 0.3 is 0 Å². The predicted molar refractivity (Wildman–Crippen MR) is 80.7 cm³/mol. The normalized spacial score (nSPS) is 15.0. The van der Waals surface area contributed by atoms with Gasteiger partial charge in [-0.3, -0.25) is 0 Å². The molecule has 2 atom stereocenters. The fourth-order valence-corrected chi connectivity index (χ4v) is 3.55. The first kappa shape index (κ1) is 18.2. The zero-order chi connectivity index (χ0) is 15.9. The second kappa shape index (κ2) is 8.53. The Balaban J connectivity index is 2.81. The van der Waals surface area contributed by atoms with Crippen molar-refractivity contribution >= 4 is 10.0 Å². The molecule has 1 N–H and O–H groups in total. The second-order valence-corrected chi connectivity index (χ2v) is 6.63. The molecule has 6 nitrogen and oxygen atoms in total. The molecule has 0 aliphatic heterocycles. The number of sulfonamides is 1. The highest BCUT2D eigenvalue weighted by Gasteiger charge is 2.24. The first-order valence-corrected chi connectivity index (χ1v) is 8.71. The van der Waals surface area contributed by atoms with E-state index in [1.165, 1.54) is 14.2 Å². The highest BCUT2D eigenvalue weighted by Crippen LogP contribution is 2.19. The lowest BCUT2D eigenvalue weighted by Gasteiger charge is -2.18. The molecule has 0 spiro atoms. The number of ether oxygens (including phenoxy) is 2. The molecule has 1 heterocycles. The van der Waals surface area contributed by atoms with Gasteiger partial charge < -0.3 is 13.9 Å². The number of rotatable bonds is 10. The SMILES string of the molecule is CCc1ccc(C(COC)NS(=O)(=O)CC(CC)OC)o1. The van der Waals surface area contributed by atoms with E-state index in [4.69, 9.17) is 13.9 Å². The van der Waals surface area contributed by atoms with Gasteiger partial charge in [0.05, 0.1) is 18.5 Å². The van der Waals surface area contributed by atoms with E-state index < -0.39 is 16.1 Å². The van der Waals surface area contributed by atoms with Crippen LogP contribution in [0.1, 0.15) is 37.8 Å². The first-order valence-electron chi connectivity index (χ1n) is 7.06. The van der Waals surface area contributed by atoms with E-state index in [2.05, 4.69) is 4.72 Å². The quantitative estimate of drug-likeness (QED) is 0.712. The van der Waals surface area contributed by atoms with E-state index in [1.807, 2.05) is 19.9 Å². The molecule has 0 aliphatic carbocycles. The molecule has 1 aromatic heterocycles. The summed E-state index contributed by atoms with van der Waals surface area (Å²) in [5.74, 6) is 1.29. The Morgan fingerprint density at radius 3 is 2.48 bits per heavy atom. The summed E-state index contributed by atoms with van der Waals surface area (Å²) >= 11 is 0. The van der Waals surface area contributed by atoms with Gasteiger partial charge in [-0.1, -0.05) is 13.8 Å². The van der Waals surface area contributed by atoms with Gasteiger partial charge in [-0.25, -0.2) is 13.1 Å². The van der Waals surface area contributed by atoms with Crippen molar-refractivity contribution in [3.63, 3.8) is 0 Å². The molecule has 1 rings (SSSR count). The van der Waals surface area contributed by atoms with E-state index in [0.29, 0.717) is 12.2 Å². The van der Waals surface area contributed by atoms with Crippen LogP contribution in [0.3, 0.4) is 0 Å². The van der Waals surface area contributed by atoms with Crippen LogP contribution in [0.15, 0.2) is 16.5 Å². The Kier molecular flexibility index (Phi) is 7.37. The lowest BCUT2D eigenvalue weighted by atomic mass is 10.2. The molecule has 122 valence electrons. The smallest absolute Gasteiger partial charge is 0.214 e. The second-order valence-electron chi connectivity index (χ2n) is 4.83. The Labute approximate surface area is 126 Å². The summed E-state index contributed by atoms with van der Waals surface area (Å²) < 4.78 is 42.9. The average Bonchev–Trinajstić information content (AvgIpc) is 2.93. The molecule has 0 aromatic carbocycles. The monoisotopic (exact) mass is 319 g/mol. The lowest BCUT2D eigenvalue weighted by molar-refractivity contribution is 0.117. The molecule has 7 heteroatoms. The molecule has 0 amide bonds. The van der Waals surface area contributed by atoms with Crippen LogP contribution < -0.4 is 4.72 Å². The van der Waals surface area contributed by atoms with Crippen molar-refractivity contribution in [2.45, 2.75) is 38.8 Å². The Morgan fingerprint density at radius 2 is 2.00 bits per heavy atom. The first-order chi connectivity index (χ1) is 9.95. The number of nitrogens with one attached hydrogen (secondary N) is 1. The molecular formula is C14H25NO5S. The minimum absolute atomic E-state index is 0.0818. The summed E-state index contributed by atoms with van der Waals surface area (Å²) in [5.41, 5.74) is 0. The molecule has 0 fully saturated rings. The molecule has 0 bridgehead atoms. The van der Waals surface area contributed by atoms with Crippen LogP contribution in [0.4, 0.5) is 0 Å². The highest BCUT2D eigenvalue weighted by molar-refractivity contribution is 7.89. The van der Waals surface area contributed by atoms with Crippen molar-refractivity contribution in [2.24, 2.45) is 0 Å². The van der Waals surface area contributed by atoms with Crippen molar-refractivity contribution in [3.05, 3.63) is 23.7 Å². The standard InChI is InChI=1S/C14H25NO5S/c1-5-11-7-8-14(20-11)13(9-18-3)15-21(16,17)10-12(6-2)19-4/h7-8,12-13,15H,5-6,9-10H2,1-4H3. The third-order valence-corrected chi connectivity index (χ3v) is 4.68. The van der Waals surface area contributed by atoms with Crippen LogP contribution >= 0.6 is 0 Å². The summed E-state index contributed by atoms with van der Waals surface area (Å²) in [7, 11) is -0.454. The minimum atomic E-state index is -3.49. The van der Waals surface area contributed by atoms with Crippen molar-refractivity contribution in [2.75, 3.05) is 26.6 Å². The van der Waals surface area contributed by atoms with Crippen molar-refractivity contribution in [1.82, 2.24) is 4.72 Å². The van der Waals surface area contributed by atoms with Gasteiger partial charge in [0.15, 0.2) is 0 Å². The van der Waals surface area contributed by atoms with Gasteiger partial charge in [-0.2, -0.15) is 0 Å². The summed E-state index contributed by atoms with van der Waals surface area (Å²) in [5, 5.41) is 0. The molecule has 0 saturated carbocycles. The Bertz CT molecular complexity index is 507. The van der Waals surface area contributed by atoms with Gasteiger partial charge in [0.2, 0.25) is 10.0 Å². The van der Waals surface area contributed by atoms with Crippen LogP contribution in [0.2, 0.25) is 0 Å². The van der Waals surface area contributed by atoms with Crippen LogP contribution in [-0.2, 0) is 25.9 Å². The molecule has 2 unspecified atom stereocenters. The maximum atomic E-state index is 12.2. The maximum Gasteiger partial charge on any atom is 0.214 e. The number of hydrogen-bond acceptors (Lipinski definition) is 5. The molecule has 0 saturated heterocycles. The molecule has 0 aliphatic rings. The summed E-state index contributed by atoms with van der Waals surface area (Å²) in [6.45, 7) is 4.07. The molecular weight excluding hydrogens is 294 g/mol. The largest absolute Gasteiger partial charge is 0.464 e. The van der Waals surface area contributed by atoms with Crippen LogP contribution in [0.25, 0.3) is 0 Å². The highest BCUT2D eigenvalue weighted by atomic mass is 32.2. The summed E-state index contributed by atoms with van der Waals surface area (Å²) in [6.07, 6.45) is 1.06. The van der Waals surface area contributed by atoms with E-state index in [-0.39, 0.29) is 18.5 Å². The minimum Gasteiger partial charge on any atom is -0.464 e. The van der Waals surface area contributed by atoms with Crippen LogP contribution in [-0.4, -0.2) is 41.1 Å². The third-order valence-electron chi connectivity index (χ3n) is 3.22. The number of hydrogen-bond donors (Lipinski definition) is 1.